The zero-order valence-electron chi connectivity index (χ0n) is 6.30. The quantitative estimate of drug-likeness (QED) is 0.448. The molecule has 9 heavy (non-hydrogen) atoms. The van der Waals surface area contributed by atoms with Crippen molar-refractivity contribution in [1.82, 2.24) is 4.90 Å². The summed E-state index contributed by atoms with van der Waals surface area (Å²) in [4.78, 5) is 2.08. The van der Waals surface area contributed by atoms with Gasteiger partial charge in [0.1, 0.15) is 0 Å². The summed E-state index contributed by atoms with van der Waals surface area (Å²) in [5, 5.41) is 0. The molecule has 1 atom stereocenters. The first kappa shape index (κ1) is 8.66. The Morgan fingerprint density at radius 1 is 1.78 bits per heavy atom. The van der Waals surface area contributed by atoms with Crippen molar-refractivity contribution in [2.75, 3.05) is 13.6 Å². The SMILES string of the molecule is C=CCC(N)N(C)CC. The van der Waals surface area contributed by atoms with E-state index in [0.717, 1.165) is 13.0 Å². The molecule has 0 saturated heterocycles. The minimum Gasteiger partial charge on any atom is -0.315 e. The largest absolute Gasteiger partial charge is 0.315 e. The molecule has 0 aromatic heterocycles. The second-order valence-corrected chi connectivity index (χ2v) is 2.16. The maximum absolute atomic E-state index is 5.69. The summed E-state index contributed by atoms with van der Waals surface area (Å²) in [5.41, 5.74) is 5.69. The van der Waals surface area contributed by atoms with Crippen LogP contribution in [-0.2, 0) is 0 Å². The van der Waals surface area contributed by atoms with Crippen LogP contribution in [0.3, 0.4) is 0 Å². The standard InChI is InChI=1S/C7H16N2/c1-4-6-7(8)9(3)5-2/h4,7H,1,5-6,8H2,2-3H3. The lowest BCUT2D eigenvalue weighted by Crippen LogP contribution is -2.38. The maximum Gasteiger partial charge on any atom is 0.0604 e. The van der Waals surface area contributed by atoms with Crippen LogP contribution in [0.15, 0.2) is 12.7 Å². The first-order valence-corrected chi connectivity index (χ1v) is 3.29. The van der Waals surface area contributed by atoms with Gasteiger partial charge in [-0.15, -0.1) is 6.58 Å². The predicted octanol–water partition coefficient (Wildman–Crippen LogP) is 0.799. The summed E-state index contributed by atoms with van der Waals surface area (Å²) < 4.78 is 0. The highest BCUT2D eigenvalue weighted by Gasteiger charge is 2.02. The molecule has 0 saturated carbocycles. The van der Waals surface area contributed by atoms with Crippen molar-refractivity contribution in [1.29, 1.82) is 0 Å². The zero-order valence-corrected chi connectivity index (χ0v) is 6.30. The topological polar surface area (TPSA) is 29.3 Å². The summed E-state index contributed by atoms with van der Waals surface area (Å²) in [6, 6.07) is 0. The van der Waals surface area contributed by atoms with Crippen LogP contribution in [0.25, 0.3) is 0 Å². The number of hydrogen-bond acceptors (Lipinski definition) is 2. The molecule has 1 unspecified atom stereocenters. The molecule has 0 radical (unpaired) electrons. The van der Waals surface area contributed by atoms with Gasteiger partial charge in [0.05, 0.1) is 6.17 Å². The van der Waals surface area contributed by atoms with Gasteiger partial charge in [-0.2, -0.15) is 0 Å². The van der Waals surface area contributed by atoms with E-state index in [9.17, 15) is 0 Å². The minimum atomic E-state index is 0.146. The van der Waals surface area contributed by atoms with Gasteiger partial charge in [-0.1, -0.05) is 13.0 Å². The smallest absolute Gasteiger partial charge is 0.0604 e. The van der Waals surface area contributed by atoms with Crippen molar-refractivity contribution < 1.29 is 0 Å². The Morgan fingerprint density at radius 3 is 2.67 bits per heavy atom. The van der Waals surface area contributed by atoms with Crippen LogP contribution in [0.5, 0.6) is 0 Å². The van der Waals surface area contributed by atoms with E-state index in [1.165, 1.54) is 0 Å². The molecule has 54 valence electrons. The van der Waals surface area contributed by atoms with Crippen LogP contribution < -0.4 is 5.73 Å². The van der Waals surface area contributed by atoms with Crippen molar-refractivity contribution in [2.45, 2.75) is 19.5 Å². The van der Waals surface area contributed by atoms with E-state index in [4.69, 9.17) is 5.73 Å². The van der Waals surface area contributed by atoms with Gasteiger partial charge in [-0.05, 0) is 20.0 Å². The van der Waals surface area contributed by atoms with Crippen LogP contribution in [0.1, 0.15) is 13.3 Å². The fraction of sp³-hybridized carbons (Fsp3) is 0.714. The molecular formula is C7H16N2. The van der Waals surface area contributed by atoms with Crippen LogP contribution in [0.2, 0.25) is 0 Å². The second kappa shape index (κ2) is 4.53. The van der Waals surface area contributed by atoms with Crippen LogP contribution in [-0.4, -0.2) is 24.7 Å². The summed E-state index contributed by atoms with van der Waals surface area (Å²) in [6.07, 6.45) is 2.86. The molecule has 0 aliphatic heterocycles. The lowest BCUT2D eigenvalue weighted by atomic mass is 10.3. The number of nitrogens with two attached hydrogens (primary N) is 1. The third-order valence-corrected chi connectivity index (χ3v) is 1.47. The molecule has 0 aliphatic rings. The summed E-state index contributed by atoms with van der Waals surface area (Å²) in [5.74, 6) is 0. The molecular weight excluding hydrogens is 112 g/mol. The molecule has 2 heteroatoms. The Morgan fingerprint density at radius 2 is 2.33 bits per heavy atom. The molecule has 2 nitrogen and oxygen atoms in total. The first-order chi connectivity index (χ1) is 4.22. The molecule has 0 rings (SSSR count). The number of nitrogens with zero attached hydrogens (tertiary/aromatic N) is 1. The van der Waals surface area contributed by atoms with Crippen molar-refractivity contribution in [3.8, 4) is 0 Å². The Labute approximate surface area is 57.3 Å². The molecule has 2 N–H and O–H groups in total. The van der Waals surface area contributed by atoms with Crippen molar-refractivity contribution in [2.24, 2.45) is 5.73 Å². The van der Waals surface area contributed by atoms with Gasteiger partial charge < -0.3 is 5.73 Å². The molecule has 0 bridgehead atoms. The van der Waals surface area contributed by atoms with Crippen molar-refractivity contribution >= 4 is 0 Å². The van der Waals surface area contributed by atoms with E-state index in [2.05, 4.69) is 18.4 Å². The Bertz CT molecular complexity index is 81.0. The Hall–Kier alpha value is -0.340. The van der Waals surface area contributed by atoms with Crippen LogP contribution in [0, 0.1) is 0 Å². The van der Waals surface area contributed by atoms with Crippen LogP contribution >= 0.6 is 0 Å². The number of rotatable bonds is 4. The first-order valence-electron chi connectivity index (χ1n) is 3.29. The van der Waals surface area contributed by atoms with Crippen molar-refractivity contribution in [3.05, 3.63) is 12.7 Å². The zero-order chi connectivity index (χ0) is 7.28. The van der Waals surface area contributed by atoms with E-state index >= 15 is 0 Å². The van der Waals surface area contributed by atoms with Gasteiger partial charge in [0.2, 0.25) is 0 Å². The molecule has 0 aromatic carbocycles. The maximum atomic E-state index is 5.69. The molecule has 0 heterocycles. The molecule has 0 aromatic rings. The van der Waals surface area contributed by atoms with Crippen LogP contribution in [0.4, 0.5) is 0 Å². The van der Waals surface area contributed by atoms with Gasteiger partial charge in [0, 0.05) is 0 Å². The third-order valence-electron chi connectivity index (χ3n) is 1.47. The van der Waals surface area contributed by atoms with E-state index in [0.29, 0.717) is 0 Å². The van der Waals surface area contributed by atoms with E-state index in [1.54, 1.807) is 0 Å². The summed E-state index contributed by atoms with van der Waals surface area (Å²) >= 11 is 0. The molecule has 0 fully saturated rings. The Balaban J connectivity index is 3.44. The second-order valence-electron chi connectivity index (χ2n) is 2.16. The normalized spacial score (nSPS) is 13.8. The summed E-state index contributed by atoms with van der Waals surface area (Å²) in [6.45, 7) is 6.69. The average molecular weight is 128 g/mol. The Kier molecular flexibility index (Phi) is 4.36. The minimum absolute atomic E-state index is 0.146. The fourth-order valence-electron chi connectivity index (χ4n) is 0.585. The van der Waals surface area contributed by atoms with Gasteiger partial charge in [-0.3, -0.25) is 4.90 Å². The molecule has 0 spiro atoms. The van der Waals surface area contributed by atoms with Gasteiger partial charge in [-0.25, -0.2) is 0 Å². The van der Waals surface area contributed by atoms with Gasteiger partial charge >= 0.3 is 0 Å². The van der Waals surface area contributed by atoms with Crippen molar-refractivity contribution in [3.63, 3.8) is 0 Å². The molecule has 0 amide bonds. The average Bonchev–Trinajstić information content (AvgIpc) is 1.87. The lowest BCUT2D eigenvalue weighted by molar-refractivity contribution is 0.261. The lowest BCUT2D eigenvalue weighted by Gasteiger charge is -2.20. The van der Waals surface area contributed by atoms with Gasteiger partial charge in [0.15, 0.2) is 0 Å². The van der Waals surface area contributed by atoms with E-state index < -0.39 is 0 Å². The van der Waals surface area contributed by atoms with E-state index in [1.807, 2.05) is 13.1 Å². The number of hydrogen-bond donors (Lipinski definition) is 1. The molecule has 0 aliphatic carbocycles. The predicted molar refractivity (Wildman–Crippen MR) is 41.1 cm³/mol. The van der Waals surface area contributed by atoms with E-state index in [-0.39, 0.29) is 6.17 Å². The highest BCUT2D eigenvalue weighted by Crippen LogP contribution is 1.93. The monoisotopic (exact) mass is 128 g/mol. The highest BCUT2D eigenvalue weighted by atomic mass is 15.2. The van der Waals surface area contributed by atoms with Gasteiger partial charge in [0.25, 0.3) is 0 Å². The summed E-state index contributed by atoms with van der Waals surface area (Å²) in [7, 11) is 2.01. The fourth-order valence-corrected chi connectivity index (χ4v) is 0.585. The third kappa shape index (κ3) is 3.27. The highest BCUT2D eigenvalue weighted by molar-refractivity contribution is 4.73.